The summed E-state index contributed by atoms with van der Waals surface area (Å²) in [6, 6.07) is 11.6. The Morgan fingerprint density at radius 1 is 1.24 bits per heavy atom. The van der Waals surface area contributed by atoms with Crippen molar-refractivity contribution in [3.8, 4) is 0 Å². The molecule has 1 aromatic carbocycles. The Labute approximate surface area is 121 Å². The zero-order valence-corrected chi connectivity index (χ0v) is 11.5. The molecule has 4 nitrogen and oxygen atoms in total. The maximum absolute atomic E-state index is 13.6. The first-order valence-electron chi connectivity index (χ1n) is 6.72. The minimum atomic E-state index is -0.468. The standard InChI is InChI=1S/C16H14FN3O/c1-2-14-19-15(13-9-5-6-10-20(13)14)16(21)18-12-8-4-3-7-11(12)17/h3-10H,2H2,1H3,(H,18,21). The molecular weight excluding hydrogens is 269 g/mol. The van der Waals surface area contributed by atoms with E-state index >= 15 is 0 Å². The summed E-state index contributed by atoms with van der Waals surface area (Å²) in [5, 5.41) is 2.57. The van der Waals surface area contributed by atoms with Crippen LogP contribution in [-0.4, -0.2) is 15.3 Å². The highest BCUT2D eigenvalue weighted by Gasteiger charge is 2.17. The number of nitrogens with one attached hydrogen (secondary N) is 1. The third-order valence-corrected chi connectivity index (χ3v) is 3.27. The summed E-state index contributed by atoms with van der Waals surface area (Å²) in [5.74, 6) is -0.0853. The first kappa shape index (κ1) is 13.3. The lowest BCUT2D eigenvalue weighted by molar-refractivity contribution is 0.102. The Balaban J connectivity index is 2.01. The Morgan fingerprint density at radius 3 is 2.76 bits per heavy atom. The van der Waals surface area contributed by atoms with E-state index in [1.807, 2.05) is 35.7 Å². The Hall–Kier alpha value is -2.69. The van der Waals surface area contributed by atoms with Gasteiger partial charge in [0.15, 0.2) is 5.69 Å². The van der Waals surface area contributed by atoms with Crippen LogP contribution in [0.1, 0.15) is 23.2 Å². The normalized spacial score (nSPS) is 10.8. The number of fused-ring (bicyclic) bond motifs is 1. The number of amides is 1. The van der Waals surface area contributed by atoms with Gasteiger partial charge in [0.2, 0.25) is 0 Å². The molecule has 0 unspecified atom stereocenters. The van der Waals surface area contributed by atoms with Crippen molar-refractivity contribution < 1.29 is 9.18 Å². The van der Waals surface area contributed by atoms with E-state index in [2.05, 4.69) is 10.3 Å². The lowest BCUT2D eigenvalue weighted by Crippen LogP contribution is -2.14. The van der Waals surface area contributed by atoms with Gasteiger partial charge in [0.05, 0.1) is 11.2 Å². The quantitative estimate of drug-likeness (QED) is 0.801. The van der Waals surface area contributed by atoms with Gasteiger partial charge in [-0.15, -0.1) is 0 Å². The van der Waals surface area contributed by atoms with Crippen LogP contribution in [-0.2, 0) is 6.42 Å². The molecule has 0 atom stereocenters. The van der Waals surface area contributed by atoms with Crippen LogP contribution in [0.3, 0.4) is 0 Å². The largest absolute Gasteiger partial charge is 0.318 e. The maximum Gasteiger partial charge on any atom is 0.276 e. The number of benzene rings is 1. The molecule has 21 heavy (non-hydrogen) atoms. The number of imidazole rings is 1. The van der Waals surface area contributed by atoms with Crippen LogP contribution in [0.25, 0.3) is 5.52 Å². The first-order chi connectivity index (χ1) is 10.2. The summed E-state index contributed by atoms with van der Waals surface area (Å²) in [5.41, 5.74) is 1.16. The van der Waals surface area contributed by atoms with E-state index in [1.165, 1.54) is 12.1 Å². The van der Waals surface area contributed by atoms with Gasteiger partial charge in [-0.05, 0) is 24.3 Å². The van der Waals surface area contributed by atoms with Crippen molar-refractivity contribution in [1.29, 1.82) is 0 Å². The van der Waals surface area contributed by atoms with E-state index in [-0.39, 0.29) is 5.69 Å². The molecule has 3 aromatic rings. The van der Waals surface area contributed by atoms with E-state index < -0.39 is 11.7 Å². The number of para-hydroxylation sites is 1. The Kier molecular flexibility index (Phi) is 3.39. The zero-order chi connectivity index (χ0) is 14.8. The van der Waals surface area contributed by atoms with Crippen molar-refractivity contribution in [2.45, 2.75) is 13.3 Å². The number of halogens is 1. The number of aromatic nitrogens is 2. The average molecular weight is 283 g/mol. The number of hydrogen-bond acceptors (Lipinski definition) is 2. The van der Waals surface area contributed by atoms with Gasteiger partial charge in [-0.3, -0.25) is 4.79 Å². The first-order valence-corrected chi connectivity index (χ1v) is 6.72. The lowest BCUT2D eigenvalue weighted by Gasteiger charge is -2.04. The monoisotopic (exact) mass is 283 g/mol. The molecule has 5 heteroatoms. The summed E-state index contributed by atoms with van der Waals surface area (Å²) in [4.78, 5) is 16.7. The molecule has 0 saturated carbocycles. The number of rotatable bonds is 3. The third-order valence-electron chi connectivity index (χ3n) is 3.27. The Bertz CT molecular complexity index is 810. The number of carbonyl (C=O) groups is 1. The van der Waals surface area contributed by atoms with Gasteiger partial charge < -0.3 is 9.72 Å². The van der Waals surface area contributed by atoms with Crippen LogP contribution in [0.2, 0.25) is 0 Å². The van der Waals surface area contributed by atoms with E-state index in [4.69, 9.17) is 0 Å². The summed E-state index contributed by atoms with van der Waals surface area (Å²) in [6.07, 6.45) is 2.57. The molecule has 106 valence electrons. The lowest BCUT2D eigenvalue weighted by atomic mass is 10.2. The van der Waals surface area contributed by atoms with E-state index in [0.717, 1.165) is 5.82 Å². The number of aryl methyl sites for hydroxylation is 1. The highest BCUT2D eigenvalue weighted by molar-refractivity contribution is 6.07. The van der Waals surface area contributed by atoms with Gasteiger partial charge in [0.25, 0.3) is 5.91 Å². The molecule has 1 N–H and O–H groups in total. The fraction of sp³-hybridized carbons (Fsp3) is 0.125. The number of anilines is 1. The van der Waals surface area contributed by atoms with E-state index in [0.29, 0.717) is 17.6 Å². The molecule has 2 heterocycles. The van der Waals surface area contributed by atoms with Gasteiger partial charge >= 0.3 is 0 Å². The second-order valence-corrected chi connectivity index (χ2v) is 4.62. The molecular formula is C16H14FN3O. The van der Waals surface area contributed by atoms with Crippen LogP contribution in [0.4, 0.5) is 10.1 Å². The predicted octanol–water partition coefficient (Wildman–Crippen LogP) is 3.29. The molecule has 0 aliphatic rings. The smallest absolute Gasteiger partial charge is 0.276 e. The molecule has 0 fully saturated rings. The van der Waals surface area contributed by atoms with Crippen LogP contribution >= 0.6 is 0 Å². The van der Waals surface area contributed by atoms with Crippen molar-refractivity contribution in [1.82, 2.24) is 9.38 Å². The van der Waals surface area contributed by atoms with Crippen molar-refractivity contribution >= 4 is 17.1 Å². The minimum Gasteiger partial charge on any atom is -0.318 e. The van der Waals surface area contributed by atoms with Crippen LogP contribution in [0.5, 0.6) is 0 Å². The van der Waals surface area contributed by atoms with E-state index in [9.17, 15) is 9.18 Å². The van der Waals surface area contributed by atoms with Gasteiger partial charge in [0, 0.05) is 12.6 Å². The summed E-state index contributed by atoms with van der Waals surface area (Å²) in [6.45, 7) is 1.97. The van der Waals surface area contributed by atoms with Crippen LogP contribution in [0, 0.1) is 5.82 Å². The predicted molar refractivity (Wildman–Crippen MR) is 78.9 cm³/mol. The second-order valence-electron chi connectivity index (χ2n) is 4.62. The Morgan fingerprint density at radius 2 is 2.00 bits per heavy atom. The molecule has 0 saturated heterocycles. The summed E-state index contributed by atoms with van der Waals surface area (Å²) < 4.78 is 15.5. The molecule has 2 aromatic heterocycles. The minimum absolute atomic E-state index is 0.151. The number of hydrogen-bond donors (Lipinski definition) is 1. The molecule has 0 radical (unpaired) electrons. The van der Waals surface area contributed by atoms with Crippen molar-refractivity contribution in [3.05, 3.63) is 66.0 Å². The molecule has 0 aliphatic carbocycles. The summed E-state index contributed by atoms with van der Waals surface area (Å²) in [7, 11) is 0. The molecule has 0 aliphatic heterocycles. The molecule has 3 rings (SSSR count). The fourth-order valence-electron chi connectivity index (χ4n) is 2.26. The van der Waals surface area contributed by atoms with Crippen molar-refractivity contribution in [2.24, 2.45) is 0 Å². The third kappa shape index (κ3) is 2.38. The van der Waals surface area contributed by atoms with Gasteiger partial charge in [0.1, 0.15) is 11.6 Å². The van der Waals surface area contributed by atoms with Gasteiger partial charge in [-0.25, -0.2) is 9.37 Å². The van der Waals surface area contributed by atoms with Crippen molar-refractivity contribution in [3.63, 3.8) is 0 Å². The fourth-order valence-corrected chi connectivity index (χ4v) is 2.26. The number of pyridine rings is 1. The molecule has 0 spiro atoms. The molecule has 1 amide bonds. The van der Waals surface area contributed by atoms with Crippen molar-refractivity contribution in [2.75, 3.05) is 5.32 Å². The van der Waals surface area contributed by atoms with E-state index in [1.54, 1.807) is 12.1 Å². The van der Waals surface area contributed by atoms with Gasteiger partial charge in [-0.1, -0.05) is 25.1 Å². The number of nitrogens with zero attached hydrogens (tertiary/aromatic N) is 2. The number of carbonyl (C=O) groups excluding carboxylic acids is 1. The zero-order valence-electron chi connectivity index (χ0n) is 11.5. The second kappa shape index (κ2) is 5.36. The topological polar surface area (TPSA) is 46.4 Å². The maximum atomic E-state index is 13.6. The highest BCUT2D eigenvalue weighted by Crippen LogP contribution is 2.17. The molecule has 0 bridgehead atoms. The van der Waals surface area contributed by atoms with Gasteiger partial charge in [-0.2, -0.15) is 0 Å². The van der Waals surface area contributed by atoms with Crippen LogP contribution < -0.4 is 5.32 Å². The summed E-state index contributed by atoms with van der Waals surface area (Å²) >= 11 is 0. The van der Waals surface area contributed by atoms with Crippen LogP contribution in [0.15, 0.2) is 48.7 Å². The highest BCUT2D eigenvalue weighted by atomic mass is 19.1. The SMILES string of the molecule is CCc1nc(C(=O)Nc2ccccc2F)c2ccccn12. The average Bonchev–Trinajstić information content (AvgIpc) is 2.88.